The van der Waals surface area contributed by atoms with Gasteiger partial charge in [0.05, 0.1) is 5.84 Å². The third-order valence-corrected chi connectivity index (χ3v) is 2.91. The molecule has 0 amide bonds. The lowest BCUT2D eigenvalue weighted by atomic mass is 10.1. The van der Waals surface area contributed by atoms with Crippen molar-refractivity contribution in [1.82, 2.24) is 4.90 Å². The van der Waals surface area contributed by atoms with E-state index < -0.39 is 0 Å². The Labute approximate surface area is 80.8 Å². The van der Waals surface area contributed by atoms with Crippen molar-refractivity contribution in [2.45, 2.75) is 45.7 Å². The first-order valence-corrected chi connectivity index (χ1v) is 5.09. The van der Waals surface area contributed by atoms with Gasteiger partial charge in [-0.05, 0) is 26.2 Å². The smallest absolute Gasteiger partial charge is 0.0920 e. The normalized spacial score (nSPS) is 31.9. The van der Waals surface area contributed by atoms with Gasteiger partial charge in [-0.15, -0.1) is 0 Å². The number of nitrogens with zero attached hydrogens (tertiary/aromatic N) is 1. The minimum atomic E-state index is 0.305. The molecule has 0 aromatic heterocycles. The van der Waals surface area contributed by atoms with Gasteiger partial charge in [0.1, 0.15) is 0 Å². The number of hydrogen-bond donors (Lipinski definition) is 2. The fourth-order valence-electron chi connectivity index (χ4n) is 2.38. The summed E-state index contributed by atoms with van der Waals surface area (Å²) in [6.07, 6.45) is 1.99. The van der Waals surface area contributed by atoms with E-state index >= 15 is 0 Å². The quantitative estimate of drug-likeness (QED) is 0.514. The summed E-state index contributed by atoms with van der Waals surface area (Å²) in [6, 6.07) is 1.08. The van der Waals surface area contributed by atoms with Crippen LogP contribution in [0.2, 0.25) is 0 Å². The van der Waals surface area contributed by atoms with E-state index in [-0.39, 0.29) is 0 Å². The second-order valence-electron chi connectivity index (χ2n) is 4.47. The Morgan fingerprint density at radius 1 is 1.62 bits per heavy atom. The van der Waals surface area contributed by atoms with E-state index in [2.05, 4.69) is 25.7 Å². The number of rotatable bonds is 3. The molecule has 0 aliphatic carbocycles. The molecule has 1 fully saturated rings. The Kier molecular flexibility index (Phi) is 3.31. The van der Waals surface area contributed by atoms with Crippen molar-refractivity contribution >= 4 is 5.84 Å². The maximum absolute atomic E-state index is 7.26. The Balaban J connectivity index is 2.46. The van der Waals surface area contributed by atoms with Crippen LogP contribution in [0.25, 0.3) is 0 Å². The molecule has 0 aromatic carbocycles. The number of nitrogens with two attached hydrogens (primary N) is 1. The molecule has 1 aliphatic rings. The summed E-state index contributed by atoms with van der Waals surface area (Å²) < 4.78 is 0. The lowest BCUT2D eigenvalue weighted by Gasteiger charge is -2.28. The minimum Gasteiger partial charge on any atom is -0.388 e. The van der Waals surface area contributed by atoms with Crippen molar-refractivity contribution in [3.63, 3.8) is 0 Å². The van der Waals surface area contributed by atoms with Crippen LogP contribution in [0.5, 0.6) is 0 Å². The molecule has 1 aliphatic heterocycles. The minimum absolute atomic E-state index is 0.305. The number of hydrogen-bond acceptors (Lipinski definition) is 2. The predicted octanol–water partition coefficient (Wildman–Crippen LogP) is 1.43. The third-order valence-electron chi connectivity index (χ3n) is 2.91. The van der Waals surface area contributed by atoms with E-state index in [1.165, 1.54) is 6.42 Å². The van der Waals surface area contributed by atoms with Crippen LogP contribution in [0, 0.1) is 11.3 Å². The highest BCUT2D eigenvalue weighted by atomic mass is 15.2. The second kappa shape index (κ2) is 4.09. The molecule has 13 heavy (non-hydrogen) atoms. The lowest BCUT2D eigenvalue weighted by molar-refractivity contribution is 0.203. The van der Waals surface area contributed by atoms with Gasteiger partial charge in [-0.25, -0.2) is 0 Å². The molecule has 1 saturated heterocycles. The molecule has 1 heterocycles. The highest BCUT2D eigenvalue weighted by molar-refractivity contribution is 5.77. The van der Waals surface area contributed by atoms with Gasteiger partial charge in [0.2, 0.25) is 0 Å². The highest BCUT2D eigenvalue weighted by Gasteiger charge is 2.29. The Bertz CT molecular complexity index is 191. The molecule has 3 unspecified atom stereocenters. The summed E-state index contributed by atoms with van der Waals surface area (Å²) in [4.78, 5) is 2.46. The average Bonchev–Trinajstić information content (AvgIpc) is 2.28. The second-order valence-corrected chi connectivity index (χ2v) is 4.47. The fourth-order valence-corrected chi connectivity index (χ4v) is 2.38. The Hall–Kier alpha value is -0.570. The van der Waals surface area contributed by atoms with E-state index in [1.54, 1.807) is 0 Å². The first kappa shape index (κ1) is 10.5. The Morgan fingerprint density at radius 2 is 2.23 bits per heavy atom. The van der Waals surface area contributed by atoms with Crippen LogP contribution < -0.4 is 5.73 Å². The topological polar surface area (TPSA) is 53.1 Å². The molecule has 0 saturated carbocycles. The van der Waals surface area contributed by atoms with Gasteiger partial charge in [0, 0.05) is 25.0 Å². The van der Waals surface area contributed by atoms with Crippen LogP contribution >= 0.6 is 0 Å². The summed E-state index contributed by atoms with van der Waals surface area (Å²) in [6.45, 7) is 7.88. The van der Waals surface area contributed by atoms with Gasteiger partial charge in [-0.2, -0.15) is 0 Å². The highest BCUT2D eigenvalue weighted by Crippen LogP contribution is 2.25. The number of amidine groups is 1. The SMILES string of the molecule is CC1CC(C)N(C(C)CC(=N)N)C1. The molecule has 0 aromatic rings. The average molecular weight is 183 g/mol. The van der Waals surface area contributed by atoms with E-state index in [4.69, 9.17) is 11.1 Å². The predicted molar refractivity (Wildman–Crippen MR) is 55.9 cm³/mol. The molecule has 0 spiro atoms. The van der Waals surface area contributed by atoms with Gasteiger partial charge >= 0.3 is 0 Å². The maximum Gasteiger partial charge on any atom is 0.0920 e. The van der Waals surface area contributed by atoms with Crippen LogP contribution in [-0.2, 0) is 0 Å². The van der Waals surface area contributed by atoms with E-state index in [9.17, 15) is 0 Å². The van der Waals surface area contributed by atoms with Crippen molar-refractivity contribution in [3.8, 4) is 0 Å². The van der Waals surface area contributed by atoms with Crippen molar-refractivity contribution < 1.29 is 0 Å². The van der Waals surface area contributed by atoms with E-state index in [0.717, 1.165) is 12.5 Å². The molecule has 3 heteroatoms. The van der Waals surface area contributed by atoms with Gasteiger partial charge in [-0.1, -0.05) is 6.92 Å². The number of nitrogens with one attached hydrogen (secondary N) is 1. The van der Waals surface area contributed by atoms with Crippen LogP contribution in [-0.4, -0.2) is 29.4 Å². The zero-order chi connectivity index (χ0) is 10.0. The zero-order valence-corrected chi connectivity index (χ0v) is 8.88. The zero-order valence-electron chi connectivity index (χ0n) is 8.88. The van der Waals surface area contributed by atoms with E-state index in [0.29, 0.717) is 24.3 Å². The van der Waals surface area contributed by atoms with Crippen molar-refractivity contribution in [3.05, 3.63) is 0 Å². The van der Waals surface area contributed by atoms with Crippen LogP contribution in [0.15, 0.2) is 0 Å². The van der Waals surface area contributed by atoms with Crippen LogP contribution in [0.4, 0.5) is 0 Å². The Morgan fingerprint density at radius 3 is 2.62 bits per heavy atom. The van der Waals surface area contributed by atoms with Gasteiger partial charge in [0.15, 0.2) is 0 Å². The molecule has 1 rings (SSSR count). The van der Waals surface area contributed by atoms with Crippen molar-refractivity contribution in [1.29, 1.82) is 5.41 Å². The van der Waals surface area contributed by atoms with Crippen LogP contribution in [0.3, 0.4) is 0 Å². The van der Waals surface area contributed by atoms with Gasteiger partial charge in [-0.3, -0.25) is 10.3 Å². The third kappa shape index (κ3) is 2.69. The maximum atomic E-state index is 7.26. The molecular formula is C10H21N3. The molecule has 3 nitrogen and oxygen atoms in total. The molecule has 0 bridgehead atoms. The summed E-state index contributed by atoms with van der Waals surface area (Å²) in [5.74, 6) is 1.10. The molecule has 3 atom stereocenters. The van der Waals surface area contributed by atoms with Crippen molar-refractivity contribution in [2.75, 3.05) is 6.54 Å². The standard InChI is InChI=1S/C10H21N3/c1-7-4-8(2)13(6-7)9(3)5-10(11)12/h7-9H,4-6H2,1-3H3,(H3,11,12). The number of likely N-dealkylation sites (tertiary alicyclic amines) is 1. The summed E-state index contributed by atoms with van der Waals surface area (Å²) in [5, 5.41) is 7.26. The van der Waals surface area contributed by atoms with Gasteiger partial charge < -0.3 is 5.73 Å². The fraction of sp³-hybridized carbons (Fsp3) is 0.900. The molecule has 3 N–H and O–H groups in total. The lowest BCUT2D eigenvalue weighted by Crippen LogP contribution is -2.38. The summed E-state index contributed by atoms with van der Waals surface area (Å²) >= 11 is 0. The molecule has 76 valence electrons. The summed E-state index contributed by atoms with van der Waals surface area (Å²) in [7, 11) is 0. The molecular weight excluding hydrogens is 162 g/mol. The summed E-state index contributed by atoms with van der Waals surface area (Å²) in [5.41, 5.74) is 5.40. The van der Waals surface area contributed by atoms with Crippen molar-refractivity contribution in [2.24, 2.45) is 11.7 Å². The van der Waals surface area contributed by atoms with Gasteiger partial charge in [0.25, 0.3) is 0 Å². The van der Waals surface area contributed by atoms with Crippen LogP contribution in [0.1, 0.15) is 33.6 Å². The largest absolute Gasteiger partial charge is 0.388 e. The monoisotopic (exact) mass is 183 g/mol. The first-order chi connectivity index (χ1) is 6.00. The van der Waals surface area contributed by atoms with E-state index in [1.807, 2.05) is 0 Å². The first-order valence-electron chi connectivity index (χ1n) is 5.09. The molecule has 0 radical (unpaired) electrons.